The maximum atomic E-state index is 11.0. The Kier molecular flexibility index (Phi) is 3.81. The van der Waals surface area contributed by atoms with Crippen molar-refractivity contribution in [1.82, 2.24) is 0 Å². The average molecular weight is 211 g/mol. The van der Waals surface area contributed by atoms with E-state index in [-0.39, 0.29) is 5.17 Å². The molecule has 4 N–H and O–H groups in total. The molecule has 0 bridgehead atoms. The van der Waals surface area contributed by atoms with Crippen LogP contribution in [0, 0.1) is 5.41 Å². The fourth-order valence-corrected chi connectivity index (χ4v) is 0.950. The molecule has 0 saturated heterocycles. The molecule has 0 unspecified atom stereocenters. The number of nitrogens with one attached hydrogen (secondary N) is 2. The second-order valence-corrected chi connectivity index (χ2v) is 3.08. The van der Waals surface area contributed by atoms with Gasteiger partial charge in [0.2, 0.25) is 0 Å². The van der Waals surface area contributed by atoms with E-state index < -0.39 is 6.09 Å². The molecule has 0 aliphatic carbocycles. The number of amides is 1. The molecule has 0 radical (unpaired) electrons. The van der Waals surface area contributed by atoms with E-state index in [4.69, 9.17) is 11.1 Å². The van der Waals surface area contributed by atoms with E-state index in [0.717, 1.165) is 0 Å². The second kappa shape index (κ2) is 5.13. The van der Waals surface area contributed by atoms with Gasteiger partial charge in [0.25, 0.3) is 0 Å². The van der Waals surface area contributed by atoms with Crippen LogP contribution in [-0.2, 0) is 4.18 Å². The first-order valence-corrected chi connectivity index (χ1v) is 4.47. The Morgan fingerprint density at radius 2 is 2.07 bits per heavy atom. The van der Waals surface area contributed by atoms with Gasteiger partial charge in [0, 0.05) is 5.69 Å². The monoisotopic (exact) mass is 211 g/mol. The van der Waals surface area contributed by atoms with E-state index in [0.29, 0.717) is 17.7 Å². The van der Waals surface area contributed by atoms with Crippen molar-refractivity contribution >= 4 is 29.0 Å². The molecule has 0 aliphatic heterocycles. The van der Waals surface area contributed by atoms with Crippen LogP contribution in [0.4, 0.5) is 10.5 Å². The van der Waals surface area contributed by atoms with Crippen LogP contribution in [0.5, 0.6) is 0 Å². The highest BCUT2D eigenvalue weighted by atomic mass is 32.2. The Labute approximate surface area is 85.3 Å². The summed E-state index contributed by atoms with van der Waals surface area (Å²) in [4.78, 5) is 11.0. The molecule has 1 aromatic rings. The number of hydrogen-bond acceptors (Lipinski definition) is 4. The van der Waals surface area contributed by atoms with E-state index in [2.05, 4.69) is 9.50 Å². The normalized spacial score (nSPS) is 9.14. The van der Waals surface area contributed by atoms with Gasteiger partial charge in [-0.2, -0.15) is 0 Å². The van der Waals surface area contributed by atoms with Gasteiger partial charge in [-0.3, -0.25) is 10.7 Å². The Morgan fingerprint density at radius 1 is 1.43 bits per heavy atom. The molecule has 74 valence electrons. The number of anilines is 1. The van der Waals surface area contributed by atoms with E-state index in [1.165, 1.54) is 0 Å². The Balaban J connectivity index is 2.38. The number of amidine groups is 1. The third-order valence-electron chi connectivity index (χ3n) is 1.23. The van der Waals surface area contributed by atoms with Crippen molar-refractivity contribution in [2.45, 2.75) is 0 Å². The Morgan fingerprint density at radius 3 is 2.64 bits per heavy atom. The largest absolute Gasteiger partial charge is 0.424 e. The lowest BCUT2D eigenvalue weighted by Crippen LogP contribution is -2.13. The summed E-state index contributed by atoms with van der Waals surface area (Å²) in [5, 5.41) is 9.00. The van der Waals surface area contributed by atoms with Crippen LogP contribution in [0.2, 0.25) is 0 Å². The van der Waals surface area contributed by atoms with Crippen LogP contribution in [0.25, 0.3) is 0 Å². The van der Waals surface area contributed by atoms with Crippen molar-refractivity contribution in [2.75, 3.05) is 5.32 Å². The summed E-state index contributed by atoms with van der Waals surface area (Å²) in [5.74, 6) is 0. The highest BCUT2D eigenvalue weighted by Gasteiger charge is 2.03. The lowest BCUT2D eigenvalue weighted by molar-refractivity contribution is 0.223. The molecule has 6 heteroatoms. The number of hydrogen-bond donors (Lipinski definition) is 3. The van der Waals surface area contributed by atoms with Gasteiger partial charge in [0.1, 0.15) is 12.0 Å². The molecule has 0 heterocycles. The Bertz CT molecular complexity index is 329. The summed E-state index contributed by atoms with van der Waals surface area (Å²) in [7, 11) is 0. The van der Waals surface area contributed by atoms with Gasteiger partial charge in [-0.25, -0.2) is 4.79 Å². The predicted molar refractivity (Wildman–Crippen MR) is 56.1 cm³/mol. The average Bonchev–Trinajstić information content (AvgIpc) is 2.16. The number of nitrogens with two attached hydrogens (primary N) is 1. The van der Waals surface area contributed by atoms with Crippen molar-refractivity contribution in [3.8, 4) is 0 Å². The van der Waals surface area contributed by atoms with Gasteiger partial charge in [-0.1, -0.05) is 18.2 Å². The number of carbonyl (C=O) groups is 1. The zero-order chi connectivity index (χ0) is 10.4. The van der Waals surface area contributed by atoms with Crippen molar-refractivity contribution in [3.63, 3.8) is 0 Å². The second-order valence-electron chi connectivity index (χ2n) is 2.31. The van der Waals surface area contributed by atoms with Crippen LogP contribution >= 0.6 is 12.0 Å². The minimum atomic E-state index is -0.656. The number of para-hydroxylation sites is 1. The smallest absolute Gasteiger partial charge is 0.376 e. The Hall–Kier alpha value is -1.69. The molecule has 0 atom stereocenters. The van der Waals surface area contributed by atoms with Crippen molar-refractivity contribution < 1.29 is 8.98 Å². The lowest BCUT2D eigenvalue weighted by atomic mass is 10.3. The summed E-state index contributed by atoms with van der Waals surface area (Å²) < 4.78 is 4.52. The van der Waals surface area contributed by atoms with Crippen LogP contribution < -0.4 is 11.1 Å². The van der Waals surface area contributed by atoms with E-state index in [1.807, 2.05) is 6.07 Å². The van der Waals surface area contributed by atoms with Crippen LogP contribution in [0.1, 0.15) is 0 Å². The topological polar surface area (TPSA) is 88.2 Å². The fourth-order valence-electron chi connectivity index (χ4n) is 0.743. The van der Waals surface area contributed by atoms with E-state index >= 15 is 0 Å². The van der Waals surface area contributed by atoms with Crippen LogP contribution in [0.3, 0.4) is 0 Å². The zero-order valence-corrected chi connectivity index (χ0v) is 8.01. The van der Waals surface area contributed by atoms with Gasteiger partial charge < -0.3 is 9.92 Å². The molecule has 0 saturated carbocycles. The molecule has 0 spiro atoms. The molecular formula is C8H9N3O2S. The van der Waals surface area contributed by atoms with Gasteiger partial charge >= 0.3 is 6.09 Å². The molecule has 0 aromatic heterocycles. The third kappa shape index (κ3) is 3.81. The van der Waals surface area contributed by atoms with Crippen molar-refractivity contribution in [1.29, 1.82) is 5.41 Å². The first kappa shape index (κ1) is 10.4. The van der Waals surface area contributed by atoms with Crippen molar-refractivity contribution in [2.24, 2.45) is 5.73 Å². The predicted octanol–water partition coefficient (Wildman–Crippen LogP) is 1.78. The minimum absolute atomic E-state index is 0.270. The SMILES string of the molecule is N=C(N)SOC(=O)Nc1ccccc1. The maximum Gasteiger partial charge on any atom is 0.424 e. The third-order valence-corrected chi connectivity index (χ3v) is 1.64. The fraction of sp³-hybridized carbons (Fsp3) is 0. The summed E-state index contributed by atoms with van der Waals surface area (Å²) in [6.07, 6.45) is -0.656. The summed E-state index contributed by atoms with van der Waals surface area (Å²) in [5.41, 5.74) is 5.60. The minimum Gasteiger partial charge on any atom is -0.376 e. The highest BCUT2D eigenvalue weighted by Crippen LogP contribution is 2.08. The zero-order valence-electron chi connectivity index (χ0n) is 7.19. The summed E-state index contributed by atoms with van der Waals surface area (Å²) in [6, 6.07) is 8.85. The maximum absolute atomic E-state index is 11.0. The lowest BCUT2D eigenvalue weighted by Gasteiger charge is -2.03. The molecule has 0 aliphatic rings. The summed E-state index contributed by atoms with van der Waals surface area (Å²) >= 11 is 0.508. The number of rotatable bonds is 1. The van der Waals surface area contributed by atoms with Crippen LogP contribution in [-0.4, -0.2) is 11.3 Å². The van der Waals surface area contributed by atoms with Crippen LogP contribution in [0.15, 0.2) is 30.3 Å². The van der Waals surface area contributed by atoms with Gasteiger partial charge in [-0.05, 0) is 12.1 Å². The van der Waals surface area contributed by atoms with Gasteiger partial charge in [-0.15, -0.1) is 0 Å². The summed E-state index contributed by atoms with van der Waals surface area (Å²) in [6.45, 7) is 0. The number of carbonyl (C=O) groups excluding carboxylic acids is 1. The molecule has 0 fully saturated rings. The van der Waals surface area contributed by atoms with Crippen molar-refractivity contribution in [3.05, 3.63) is 30.3 Å². The van der Waals surface area contributed by atoms with Gasteiger partial charge in [0.15, 0.2) is 5.17 Å². The van der Waals surface area contributed by atoms with Gasteiger partial charge in [0.05, 0.1) is 0 Å². The molecule has 14 heavy (non-hydrogen) atoms. The number of benzene rings is 1. The molecule has 1 aromatic carbocycles. The first-order valence-electron chi connectivity index (χ1n) is 3.73. The quantitative estimate of drug-likeness (QED) is 0.375. The molecule has 1 rings (SSSR count). The molecule has 5 nitrogen and oxygen atoms in total. The first-order chi connectivity index (χ1) is 6.68. The van der Waals surface area contributed by atoms with E-state index in [9.17, 15) is 4.79 Å². The van der Waals surface area contributed by atoms with E-state index in [1.54, 1.807) is 24.3 Å². The molecular weight excluding hydrogens is 202 g/mol. The standard InChI is InChI=1S/C8H9N3O2S/c9-7(10)14-13-8(12)11-6-4-2-1-3-5-6/h1-5H,(H3,9,10)(H,11,12). The highest BCUT2D eigenvalue weighted by molar-refractivity contribution is 8.09. The molecule has 1 amide bonds.